The van der Waals surface area contributed by atoms with Gasteiger partial charge in [-0.1, -0.05) is 11.6 Å². The van der Waals surface area contributed by atoms with Gasteiger partial charge >= 0.3 is 12.2 Å². The zero-order valence-electron chi connectivity index (χ0n) is 13.8. The molecule has 2 aromatic rings. The second-order valence-corrected chi connectivity index (χ2v) is 5.62. The second kappa shape index (κ2) is 7.69. The second-order valence-electron chi connectivity index (χ2n) is 5.21. The van der Waals surface area contributed by atoms with Gasteiger partial charge in [0.15, 0.2) is 5.82 Å². The molecule has 0 amide bonds. The first-order valence-corrected chi connectivity index (χ1v) is 7.71. The molecule has 0 aliphatic carbocycles. The standard InChI is InChI=1S/C16H16ClF3N4O/c1-4-24(3)9-21-14-7-10(2)22-15(23-14)25-11-5-6-13(17)12(8-11)16(18,19)20/h5-9H,4H2,1-3H3. The minimum Gasteiger partial charge on any atom is -0.424 e. The first-order chi connectivity index (χ1) is 11.7. The Morgan fingerprint density at radius 3 is 2.64 bits per heavy atom. The van der Waals surface area contributed by atoms with Crippen LogP contribution in [-0.4, -0.2) is 34.8 Å². The molecule has 1 heterocycles. The van der Waals surface area contributed by atoms with Crippen LogP contribution in [0.5, 0.6) is 11.8 Å². The third kappa shape index (κ3) is 5.32. The lowest BCUT2D eigenvalue weighted by Crippen LogP contribution is -2.14. The van der Waals surface area contributed by atoms with Crippen molar-refractivity contribution in [2.75, 3.05) is 13.6 Å². The molecule has 134 valence electrons. The fourth-order valence-corrected chi connectivity index (χ4v) is 1.99. The molecule has 0 atom stereocenters. The molecule has 0 aliphatic heterocycles. The zero-order valence-corrected chi connectivity index (χ0v) is 14.6. The minimum atomic E-state index is -4.58. The highest BCUT2D eigenvalue weighted by Gasteiger charge is 2.33. The number of hydrogen-bond donors (Lipinski definition) is 0. The molecule has 0 aliphatic rings. The van der Waals surface area contributed by atoms with E-state index in [2.05, 4.69) is 15.0 Å². The molecule has 0 bridgehead atoms. The van der Waals surface area contributed by atoms with E-state index < -0.39 is 16.8 Å². The predicted molar refractivity (Wildman–Crippen MR) is 89.8 cm³/mol. The molecule has 5 nitrogen and oxygen atoms in total. The molecular formula is C16H16ClF3N4O. The fraction of sp³-hybridized carbons (Fsp3) is 0.312. The van der Waals surface area contributed by atoms with Crippen LogP contribution < -0.4 is 4.74 Å². The number of aryl methyl sites for hydroxylation is 1. The van der Waals surface area contributed by atoms with Crippen LogP contribution in [0.4, 0.5) is 19.0 Å². The zero-order chi connectivity index (χ0) is 18.6. The Morgan fingerprint density at radius 1 is 1.28 bits per heavy atom. The van der Waals surface area contributed by atoms with Crippen LogP contribution in [-0.2, 0) is 6.18 Å². The SMILES string of the molecule is CCN(C)C=Nc1cc(C)nc(Oc2ccc(Cl)c(C(F)(F)F)c2)n1. The molecule has 0 saturated carbocycles. The summed E-state index contributed by atoms with van der Waals surface area (Å²) in [5, 5.41) is -0.405. The van der Waals surface area contributed by atoms with Crippen LogP contribution in [0.3, 0.4) is 0 Å². The minimum absolute atomic E-state index is 0.0667. The number of halogens is 4. The van der Waals surface area contributed by atoms with Gasteiger partial charge in [-0.15, -0.1) is 0 Å². The molecule has 0 unspecified atom stereocenters. The summed E-state index contributed by atoms with van der Waals surface area (Å²) in [5.41, 5.74) is -0.413. The lowest BCUT2D eigenvalue weighted by atomic mass is 10.2. The van der Waals surface area contributed by atoms with Gasteiger partial charge in [-0.25, -0.2) is 9.98 Å². The van der Waals surface area contributed by atoms with Gasteiger partial charge in [0.2, 0.25) is 0 Å². The molecule has 0 N–H and O–H groups in total. The Labute approximate surface area is 148 Å². The van der Waals surface area contributed by atoms with E-state index in [1.54, 1.807) is 19.3 Å². The molecule has 0 fully saturated rings. The number of ether oxygens (including phenoxy) is 1. The number of rotatable bonds is 5. The van der Waals surface area contributed by atoms with Crippen LogP contribution >= 0.6 is 11.6 Å². The van der Waals surface area contributed by atoms with Gasteiger partial charge in [0, 0.05) is 25.4 Å². The van der Waals surface area contributed by atoms with Crippen molar-refractivity contribution >= 4 is 23.8 Å². The summed E-state index contributed by atoms with van der Waals surface area (Å²) in [6.07, 6.45) is -2.99. The summed E-state index contributed by atoms with van der Waals surface area (Å²) in [4.78, 5) is 14.2. The fourth-order valence-electron chi connectivity index (χ4n) is 1.77. The van der Waals surface area contributed by atoms with Crippen LogP contribution in [0.1, 0.15) is 18.2 Å². The van der Waals surface area contributed by atoms with Gasteiger partial charge in [0.25, 0.3) is 0 Å². The number of aliphatic imine (C=N–C) groups is 1. The maximum Gasteiger partial charge on any atom is 0.417 e. The first kappa shape index (κ1) is 19.0. The monoisotopic (exact) mass is 372 g/mol. The first-order valence-electron chi connectivity index (χ1n) is 7.33. The Hall–Kier alpha value is -2.35. The van der Waals surface area contributed by atoms with Gasteiger partial charge in [-0.3, -0.25) is 0 Å². The maximum absolute atomic E-state index is 12.9. The van der Waals surface area contributed by atoms with Crippen molar-refractivity contribution in [3.8, 4) is 11.8 Å². The molecular weight excluding hydrogens is 357 g/mol. The molecule has 1 aromatic carbocycles. The van der Waals surface area contributed by atoms with Crippen molar-refractivity contribution in [1.29, 1.82) is 0 Å². The van der Waals surface area contributed by atoms with Crippen molar-refractivity contribution in [1.82, 2.24) is 14.9 Å². The van der Waals surface area contributed by atoms with Crippen molar-refractivity contribution in [3.63, 3.8) is 0 Å². The normalized spacial score (nSPS) is 11.8. The largest absolute Gasteiger partial charge is 0.424 e. The Morgan fingerprint density at radius 2 is 2.00 bits per heavy atom. The highest BCUT2D eigenvalue weighted by Crippen LogP contribution is 2.37. The summed E-state index contributed by atoms with van der Waals surface area (Å²) in [7, 11) is 1.85. The summed E-state index contributed by atoms with van der Waals surface area (Å²) < 4.78 is 44.1. The summed E-state index contributed by atoms with van der Waals surface area (Å²) in [6.45, 7) is 4.44. The lowest BCUT2D eigenvalue weighted by Gasteiger charge is -2.11. The average molecular weight is 373 g/mol. The van der Waals surface area contributed by atoms with Gasteiger partial charge in [0.1, 0.15) is 5.75 Å². The molecule has 1 aromatic heterocycles. The molecule has 2 rings (SSSR count). The number of alkyl halides is 3. The molecule has 25 heavy (non-hydrogen) atoms. The quantitative estimate of drug-likeness (QED) is 0.555. The van der Waals surface area contributed by atoms with E-state index >= 15 is 0 Å². The molecule has 0 saturated heterocycles. The van der Waals surface area contributed by atoms with E-state index in [0.29, 0.717) is 11.5 Å². The lowest BCUT2D eigenvalue weighted by molar-refractivity contribution is -0.137. The number of hydrogen-bond acceptors (Lipinski definition) is 4. The molecule has 9 heteroatoms. The Balaban J connectivity index is 2.29. The van der Waals surface area contributed by atoms with Crippen molar-refractivity contribution in [2.24, 2.45) is 4.99 Å². The number of aromatic nitrogens is 2. The van der Waals surface area contributed by atoms with E-state index in [9.17, 15) is 13.2 Å². The van der Waals surface area contributed by atoms with E-state index in [-0.39, 0.29) is 11.8 Å². The Kier molecular flexibility index (Phi) is 5.84. The van der Waals surface area contributed by atoms with Crippen LogP contribution in [0, 0.1) is 6.92 Å². The van der Waals surface area contributed by atoms with Crippen LogP contribution in [0.25, 0.3) is 0 Å². The molecule has 0 spiro atoms. The number of nitrogens with zero attached hydrogens (tertiary/aromatic N) is 4. The van der Waals surface area contributed by atoms with Gasteiger partial charge in [0.05, 0.1) is 16.9 Å². The van der Waals surface area contributed by atoms with E-state index in [1.165, 1.54) is 6.07 Å². The summed E-state index contributed by atoms with van der Waals surface area (Å²) in [5.74, 6) is 0.274. The Bertz CT molecular complexity index is 780. The third-order valence-corrected chi connectivity index (χ3v) is 3.49. The summed E-state index contributed by atoms with van der Waals surface area (Å²) >= 11 is 5.59. The van der Waals surface area contributed by atoms with Gasteiger partial charge in [-0.05, 0) is 32.0 Å². The van der Waals surface area contributed by atoms with Crippen molar-refractivity contribution in [2.45, 2.75) is 20.0 Å². The van der Waals surface area contributed by atoms with Gasteiger partial charge < -0.3 is 9.64 Å². The van der Waals surface area contributed by atoms with E-state index in [0.717, 1.165) is 18.7 Å². The number of benzene rings is 1. The summed E-state index contributed by atoms with van der Waals surface area (Å²) in [6, 6.07) is 4.78. The van der Waals surface area contributed by atoms with Crippen LogP contribution in [0.2, 0.25) is 5.02 Å². The highest BCUT2D eigenvalue weighted by molar-refractivity contribution is 6.31. The van der Waals surface area contributed by atoms with Gasteiger partial charge in [-0.2, -0.15) is 18.2 Å². The van der Waals surface area contributed by atoms with E-state index in [4.69, 9.17) is 16.3 Å². The van der Waals surface area contributed by atoms with E-state index in [1.807, 2.05) is 18.9 Å². The van der Waals surface area contributed by atoms with Crippen molar-refractivity contribution in [3.05, 3.63) is 40.5 Å². The van der Waals surface area contributed by atoms with Crippen molar-refractivity contribution < 1.29 is 17.9 Å². The van der Waals surface area contributed by atoms with Crippen LogP contribution in [0.15, 0.2) is 29.3 Å². The smallest absolute Gasteiger partial charge is 0.417 e. The third-order valence-electron chi connectivity index (χ3n) is 3.16. The maximum atomic E-state index is 12.9. The molecule has 0 radical (unpaired) electrons. The highest BCUT2D eigenvalue weighted by atomic mass is 35.5. The predicted octanol–water partition coefficient (Wildman–Crippen LogP) is 4.86. The topological polar surface area (TPSA) is 50.6 Å². The average Bonchev–Trinajstić information content (AvgIpc) is 2.53.